The summed E-state index contributed by atoms with van der Waals surface area (Å²) in [5.74, 6) is -0.854. The van der Waals surface area contributed by atoms with Gasteiger partial charge in [-0.1, -0.05) is 146 Å². The Bertz CT molecular complexity index is 1010. The van der Waals surface area contributed by atoms with Crippen molar-refractivity contribution in [1.29, 1.82) is 0 Å². The van der Waals surface area contributed by atoms with E-state index in [1.807, 2.05) is 0 Å². The van der Waals surface area contributed by atoms with Gasteiger partial charge in [-0.15, -0.1) is 0 Å². The van der Waals surface area contributed by atoms with E-state index in [0.29, 0.717) is 6.42 Å². The van der Waals surface area contributed by atoms with E-state index in [1.165, 1.54) is 64.2 Å². The van der Waals surface area contributed by atoms with Crippen molar-refractivity contribution in [1.82, 2.24) is 0 Å². The smallest absolute Gasteiger partial charge is 0.462 e. The fourth-order valence-electron chi connectivity index (χ4n) is 5.58. The van der Waals surface area contributed by atoms with Gasteiger partial charge in [0.25, 0.3) is 0 Å². The molecule has 3 N–H and O–H groups in total. The number of ether oxygens (including phenoxy) is 2. The number of carbonyl (C=O) groups is 2. The number of esters is 2. The third-order valence-corrected chi connectivity index (χ3v) is 9.68. The first-order chi connectivity index (χ1) is 25.8. The van der Waals surface area contributed by atoms with Gasteiger partial charge in [0, 0.05) is 19.4 Å². The first-order valence-corrected chi connectivity index (χ1v) is 22.6. The van der Waals surface area contributed by atoms with Gasteiger partial charge in [-0.25, -0.2) is 4.57 Å². The minimum atomic E-state index is -4.38. The molecule has 0 rings (SSSR count). The maximum Gasteiger partial charge on any atom is 0.472 e. The van der Waals surface area contributed by atoms with Crippen molar-refractivity contribution < 1.29 is 37.6 Å². The SMILES string of the molecule is CCC=CCC=CCC=CCCCCCCCC(=O)O[C@H](COC(=O)CCCCCCCCCC=CCCCCCCCC)COP(=O)(O)OCCN. The molecular weight excluding hydrogens is 689 g/mol. The highest BCUT2D eigenvalue weighted by Gasteiger charge is 2.26. The summed E-state index contributed by atoms with van der Waals surface area (Å²) in [7, 11) is -4.38. The average Bonchev–Trinajstić information content (AvgIpc) is 3.14. The second kappa shape index (κ2) is 39.7. The highest BCUT2D eigenvalue weighted by Crippen LogP contribution is 2.43. The van der Waals surface area contributed by atoms with Gasteiger partial charge in [-0.3, -0.25) is 18.6 Å². The van der Waals surface area contributed by atoms with Gasteiger partial charge in [0.1, 0.15) is 6.61 Å². The summed E-state index contributed by atoms with van der Waals surface area (Å²) in [5.41, 5.74) is 5.34. The van der Waals surface area contributed by atoms with E-state index in [1.54, 1.807) is 0 Å². The Kier molecular flexibility index (Phi) is 38.1. The molecule has 53 heavy (non-hydrogen) atoms. The predicted molar refractivity (Wildman–Crippen MR) is 220 cm³/mol. The molecule has 0 aliphatic carbocycles. The number of hydrogen-bond acceptors (Lipinski definition) is 8. The molecular formula is C43H78NO8P. The van der Waals surface area contributed by atoms with E-state index in [9.17, 15) is 19.0 Å². The summed E-state index contributed by atoms with van der Waals surface area (Å²) in [4.78, 5) is 34.8. The molecule has 0 bridgehead atoms. The van der Waals surface area contributed by atoms with Crippen molar-refractivity contribution in [3.63, 3.8) is 0 Å². The molecule has 1 unspecified atom stereocenters. The molecule has 10 heteroatoms. The van der Waals surface area contributed by atoms with Crippen LogP contribution in [0.15, 0.2) is 48.6 Å². The third-order valence-electron chi connectivity index (χ3n) is 8.70. The Hall–Kier alpha value is -2.03. The second-order valence-corrected chi connectivity index (χ2v) is 15.3. The van der Waals surface area contributed by atoms with Gasteiger partial charge in [0.15, 0.2) is 6.10 Å². The third kappa shape index (κ3) is 39.5. The van der Waals surface area contributed by atoms with Crippen LogP contribution in [-0.4, -0.2) is 49.3 Å². The Morgan fingerprint density at radius 3 is 1.57 bits per heavy atom. The molecule has 0 heterocycles. The molecule has 0 fully saturated rings. The number of hydrogen-bond donors (Lipinski definition) is 2. The van der Waals surface area contributed by atoms with Crippen LogP contribution in [0.25, 0.3) is 0 Å². The van der Waals surface area contributed by atoms with Crippen LogP contribution in [-0.2, 0) is 32.7 Å². The zero-order chi connectivity index (χ0) is 38.9. The Morgan fingerprint density at radius 1 is 0.585 bits per heavy atom. The van der Waals surface area contributed by atoms with E-state index in [4.69, 9.17) is 24.3 Å². The summed E-state index contributed by atoms with van der Waals surface area (Å²) in [6, 6.07) is 0. The lowest BCUT2D eigenvalue weighted by Crippen LogP contribution is -2.29. The quantitative estimate of drug-likeness (QED) is 0.0271. The molecule has 0 radical (unpaired) electrons. The molecule has 0 aliphatic rings. The molecule has 9 nitrogen and oxygen atoms in total. The maximum atomic E-state index is 12.6. The fraction of sp³-hybridized carbons (Fsp3) is 0.767. The molecule has 0 aromatic rings. The molecule has 2 atom stereocenters. The molecule has 0 aromatic carbocycles. The summed E-state index contributed by atoms with van der Waals surface area (Å²) in [6.45, 7) is 3.59. The van der Waals surface area contributed by atoms with Crippen LogP contribution in [0.3, 0.4) is 0 Å². The number of nitrogens with two attached hydrogens (primary N) is 1. The molecule has 0 saturated heterocycles. The lowest BCUT2D eigenvalue weighted by Gasteiger charge is -2.19. The van der Waals surface area contributed by atoms with Crippen LogP contribution in [0.2, 0.25) is 0 Å². The van der Waals surface area contributed by atoms with Gasteiger partial charge in [0.2, 0.25) is 0 Å². The summed E-state index contributed by atoms with van der Waals surface area (Å²) in [6.07, 6.45) is 44.2. The normalized spacial score (nSPS) is 13.8. The minimum absolute atomic E-state index is 0.0483. The van der Waals surface area contributed by atoms with Gasteiger partial charge in [-0.2, -0.15) is 0 Å². The molecule has 308 valence electrons. The zero-order valence-corrected chi connectivity index (χ0v) is 34.6. The van der Waals surface area contributed by atoms with Gasteiger partial charge in [-0.05, 0) is 70.6 Å². The molecule has 0 aromatic heterocycles. The number of carbonyl (C=O) groups excluding carboxylic acids is 2. The van der Waals surface area contributed by atoms with E-state index in [-0.39, 0.29) is 32.6 Å². The number of unbranched alkanes of at least 4 members (excludes halogenated alkanes) is 18. The van der Waals surface area contributed by atoms with E-state index >= 15 is 0 Å². The van der Waals surface area contributed by atoms with Crippen LogP contribution in [0.5, 0.6) is 0 Å². The molecule has 0 saturated carbocycles. The van der Waals surface area contributed by atoms with Gasteiger partial charge < -0.3 is 20.1 Å². The fourth-order valence-corrected chi connectivity index (χ4v) is 6.35. The predicted octanol–water partition coefficient (Wildman–Crippen LogP) is 11.9. The maximum absolute atomic E-state index is 12.6. The van der Waals surface area contributed by atoms with Crippen LogP contribution in [0, 0.1) is 0 Å². The van der Waals surface area contributed by atoms with E-state index < -0.39 is 32.5 Å². The first-order valence-electron chi connectivity index (χ1n) is 21.1. The largest absolute Gasteiger partial charge is 0.472 e. The van der Waals surface area contributed by atoms with Crippen LogP contribution < -0.4 is 5.73 Å². The molecule has 0 amide bonds. The number of phosphoric ester groups is 1. The topological polar surface area (TPSA) is 134 Å². The van der Waals surface area contributed by atoms with Crippen LogP contribution >= 0.6 is 7.82 Å². The Morgan fingerprint density at radius 2 is 1.04 bits per heavy atom. The van der Waals surface area contributed by atoms with Crippen molar-refractivity contribution in [2.24, 2.45) is 5.73 Å². The zero-order valence-electron chi connectivity index (χ0n) is 33.7. The lowest BCUT2D eigenvalue weighted by molar-refractivity contribution is -0.161. The van der Waals surface area contributed by atoms with E-state index in [0.717, 1.165) is 83.5 Å². The van der Waals surface area contributed by atoms with Gasteiger partial charge >= 0.3 is 19.8 Å². The van der Waals surface area contributed by atoms with Crippen molar-refractivity contribution in [3.8, 4) is 0 Å². The van der Waals surface area contributed by atoms with Crippen molar-refractivity contribution in [3.05, 3.63) is 48.6 Å². The van der Waals surface area contributed by atoms with Crippen molar-refractivity contribution >= 4 is 19.8 Å². The Balaban J connectivity index is 4.19. The summed E-state index contributed by atoms with van der Waals surface area (Å²) >= 11 is 0. The number of rotatable bonds is 39. The van der Waals surface area contributed by atoms with Crippen molar-refractivity contribution in [2.45, 2.75) is 187 Å². The van der Waals surface area contributed by atoms with Crippen LogP contribution in [0.1, 0.15) is 181 Å². The summed E-state index contributed by atoms with van der Waals surface area (Å²) in [5, 5.41) is 0. The van der Waals surface area contributed by atoms with Crippen LogP contribution in [0.4, 0.5) is 0 Å². The standard InChI is InChI=1S/C43H78NO8P/c1-3-5-7-9-11-13-15-17-19-20-22-23-25-27-29-31-33-35-42(45)49-39-41(40-51-53(47,48)50-38-37-44)52-43(46)36-34-32-30-28-26-24-21-18-16-14-12-10-8-6-4-2/h6,8,12,14,17-19,21,41H,3-5,7,9-11,13,15-16,20,22-40,44H2,1-2H3,(H,47,48)/t41-/m1/s1. The monoisotopic (exact) mass is 768 g/mol. The molecule has 0 spiro atoms. The highest BCUT2D eigenvalue weighted by atomic mass is 31.2. The van der Waals surface area contributed by atoms with Crippen molar-refractivity contribution in [2.75, 3.05) is 26.4 Å². The first kappa shape index (κ1) is 51.0. The van der Waals surface area contributed by atoms with E-state index in [2.05, 4.69) is 62.5 Å². The van der Waals surface area contributed by atoms with Gasteiger partial charge in [0.05, 0.1) is 13.2 Å². The number of allylic oxidation sites excluding steroid dienone is 8. The lowest BCUT2D eigenvalue weighted by atomic mass is 10.1. The minimum Gasteiger partial charge on any atom is -0.462 e. The second-order valence-electron chi connectivity index (χ2n) is 13.8. The Labute approximate surface area is 324 Å². The summed E-state index contributed by atoms with van der Waals surface area (Å²) < 4.78 is 32.7. The average molecular weight is 768 g/mol. The number of phosphoric acid groups is 1. The highest BCUT2D eigenvalue weighted by molar-refractivity contribution is 7.47. The molecule has 0 aliphatic heterocycles.